The molecular weight excluding hydrogens is 787 g/mol. The van der Waals surface area contributed by atoms with Crippen LogP contribution in [-0.4, -0.2) is 71.9 Å². The lowest BCUT2D eigenvalue weighted by molar-refractivity contribution is -0.175. The Balaban J connectivity index is 0.000000303. The number of rotatable bonds is 13. The van der Waals surface area contributed by atoms with Gasteiger partial charge in [0.25, 0.3) is 11.1 Å². The zero-order chi connectivity index (χ0) is 43.9. The van der Waals surface area contributed by atoms with Gasteiger partial charge < -0.3 is 39.6 Å². The number of esters is 3. The molecule has 5 unspecified atom stereocenters. The van der Waals surface area contributed by atoms with E-state index in [0.717, 1.165) is 29.7 Å². The molecule has 1 heterocycles. The Bertz CT molecular complexity index is 2140. The van der Waals surface area contributed by atoms with Crippen LogP contribution in [0.2, 0.25) is 0 Å². The molecule has 0 aromatic heterocycles. The van der Waals surface area contributed by atoms with Crippen LogP contribution < -0.4 is 20.3 Å². The second kappa shape index (κ2) is 22.4. The zero-order valence-electron chi connectivity index (χ0n) is 35.1. The number of ether oxygens (including phenoxy) is 4. The number of amides is 2. The fourth-order valence-corrected chi connectivity index (χ4v) is 6.77. The highest BCUT2D eigenvalue weighted by Crippen LogP contribution is 2.29. The normalized spacial score (nSPS) is 18.9. The Morgan fingerprint density at radius 1 is 0.917 bits per heavy atom. The number of fused-ring (bicyclic) bond motifs is 1. The van der Waals surface area contributed by atoms with Crippen LogP contribution >= 0.6 is 12.2 Å². The highest BCUT2D eigenvalue weighted by atomic mass is 32.1. The number of cyclic esters (lactones) is 2. The molecule has 13 nitrogen and oxygen atoms in total. The molecule has 0 bridgehead atoms. The van der Waals surface area contributed by atoms with Gasteiger partial charge in [0.2, 0.25) is 6.41 Å². The number of para-hydroxylation sites is 1. The van der Waals surface area contributed by atoms with Crippen molar-refractivity contribution in [2.24, 2.45) is 11.8 Å². The summed E-state index contributed by atoms with van der Waals surface area (Å²) in [4.78, 5) is 64.6. The number of carbonyl (C=O) groups is 5. The van der Waals surface area contributed by atoms with Crippen molar-refractivity contribution in [2.45, 2.75) is 98.0 Å². The van der Waals surface area contributed by atoms with Gasteiger partial charge in [-0.15, -0.1) is 0 Å². The van der Waals surface area contributed by atoms with Crippen LogP contribution in [0.3, 0.4) is 0 Å². The molecule has 320 valence electrons. The smallest absolute Gasteiger partial charge is 0.332 e. The summed E-state index contributed by atoms with van der Waals surface area (Å²) < 4.78 is 22.7. The van der Waals surface area contributed by atoms with Crippen molar-refractivity contribution in [2.75, 3.05) is 17.3 Å². The second-order valence-electron chi connectivity index (χ2n) is 15.1. The minimum atomic E-state index is -1.42. The summed E-state index contributed by atoms with van der Waals surface area (Å²) >= 11 is 5.41. The average molecular weight is 842 g/mol. The van der Waals surface area contributed by atoms with E-state index >= 15 is 0 Å². The molecule has 4 aromatic carbocycles. The molecule has 5 atom stereocenters. The van der Waals surface area contributed by atoms with E-state index in [-0.39, 0.29) is 23.6 Å². The van der Waals surface area contributed by atoms with Crippen molar-refractivity contribution >= 4 is 69.8 Å². The van der Waals surface area contributed by atoms with Gasteiger partial charge in [-0.25, -0.2) is 4.79 Å². The largest absolute Gasteiger partial charge is 0.505 e. The van der Waals surface area contributed by atoms with E-state index in [0.29, 0.717) is 24.4 Å². The standard InChI is InChI=1S/C27H38N2O9.C19H17NOS/c1-6-7-8-10-19-24(38-21(31)13-15(2)3)17(5)37-27(35)22(16(4)36-26(19)34)29-25(33)18-11-9-12-20(23(18)32)28-14-30;1-14-6-5-9-17(12-14)20(2)19(22)21-18-11-10-15-7-3-4-8-16(15)13-18/h9,11-12,14-17,19,22,24,32H,6-8,10,13H2,1-5H3,(H,28,30)(H,29,33);3-13H,1-2H3. The van der Waals surface area contributed by atoms with Gasteiger partial charge in [-0.3, -0.25) is 19.2 Å². The molecule has 1 aliphatic heterocycles. The molecule has 0 aliphatic carbocycles. The number of hydrogen-bond donors (Lipinski definition) is 3. The van der Waals surface area contributed by atoms with Crippen LogP contribution in [0.1, 0.15) is 82.6 Å². The lowest BCUT2D eigenvalue weighted by Gasteiger charge is -2.29. The minimum Gasteiger partial charge on any atom is -0.505 e. The van der Waals surface area contributed by atoms with Gasteiger partial charge in [-0.05, 0) is 98.1 Å². The Kier molecular flexibility index (Phi) is 17.4. The maximum Gasteiger partial charge on any atom is 0.332 e. The van der Waals surface area contributed by atoms with E-state index in [4.69, 9.17) is 31.2 Å². The third-order valence-corrected chi connectivity index (χ3v) is 10.2. The molecule has 1 fully saturated rings. The molecular formula is C46H55N3O10S. The Hall–Kier alpha value is -6.02. The molecule has 1 saturated heterocycles. The van der Waals surface area contributed by atoms with E-state index in [2.05, 4.69) is 41.8 Å². The van der Waals surface area contributed by atoms with Crippen molar-refractivity contribution in [1.82, 2.24) is 5.32 Å². The van der Waals surface area contributed by atoms with Crippen LogP contribution in [0.5, 0.6) is 11.5 Å². The molecule has 1 aliphatic rings. The number of nitrogens with one attached hydrogen (secondary N) is 2. The first-order valence-electron chi connectivity index (χ1n) is 20.1. The van der Waals surface area contributed by atoms with E-state index in [9.17, 15) is 29.1 Å². The Morgan fingerprint density at radius 2 is 1.62 bits per heavy atom. The third-order valence-electron chi connectivity index (χ3n) is 9.82. The summed E-state index contributed by atoms with van der Waals surface area (Å²) in [6.07, 6.45) is 0.0639. The van der Waals surface area contributed by atoms with Crippen LogP contribution in [0.4, 0.5) is 11.4 Å². The molecule has 2 amide bonds. The number of aromatic hydroxyl groups is 1. The van der Waals surface area contributed by atoms with Crippen molar-refractivity contribution < 1.29 is 48.0 Å². The first-order chi connectivity index (χ1) is 28.6. The van der Waals surface area contributed by atoms with Crippen LogP contribution in [-0.2, 0) is 33.4 Å². The summed E-state index contributed by atoms with van der Waals surface area (Å²) in [6.45, 7) is 10.8. The number of carbonyl (C=O) groups excluding carboxylic acids is 5. The van der Waals surface area contributed by atoms with Gasteiger partial charge in [0.05, 0.1) is 17.2 Å². The number of thiocarbonyl (C=S) groups is 1. The van der Waals surface area contributed by atoms with Gasteiger partial charge in [-0.2, -0.15) is 0 Å². The highest BCUT2D eigenvalue weighted by molar-refractivity contribution is 7.80. The number of anilines is 2. The second-order valence-corrected chi connectivity index (χ2v) is 15.5. The van der Waals surface area contributed by atoms with E-state index in [1.165, 1.54) is 43.0 Å². The molecule has 0 spiro atoms. The minimum absolute atomic E-state index is 0.00114. The Morgan fingerprint density at radius 3 is 2.30 bits per heavy atom. The Labute approximate surface area is 356 Å². The number of aryl methyl sites for hydroxylation is 1. The van der Waals surface area contributed by atoms with Crippen molar-refractivity contribution in [1.29, 1.82) is 0 Å². The summed E-state index contributed by atoms with van der Waals surface area (Å²) in [7, 11) is 1.91. The van der Waals surface area contributed by atoms with Crippen molar-refractivity contribution in [3.63, 3.8) is 0 Å². The monoisotopic (exact) mass is 841 g/mol. The first-order valence-corrected chi connectivity index (χ1v) is 20.5. The summed E-state index contributed by atoms with van der Waals surface area (Å²) in [5.41, 5.74) is 2.00. The number of hydrogen-bond acceptors (Lipinski definition) is 11. The molecule has 0 radical (unpaired) electrons. The SMILES string of the molecule is CCCCCC1C(=O)OC(C)C(NC(=O)c2cccc(NC=O)c2O)C(=O)OC(C)C1OC(=O)CC(C)C.Cc1cccc(N(C)C(=S)Oc2ccc3ccccc3c2)c1. The highest BCUT2D eigenvalue weighted by Gasteiger charge is 2.44. The topological polar surface area (TPSA) is 170 Å². The lowest BCUT2D eigenvalue weighted by atomic mass is 9.92. The van der Waals surface area contributed by atoms with Gasteiger partial charge >= 0.3 is 17.9 Å². The average Bonchev–Trinajstić information content (AvgIpc) is 3.23. The number of nitrogens with zero attached hydrogens (tertiary/aromatic N) is 1. The predicted octanol–water partition coefficient (Wildman–Crippen LogP) is 8.04. The maximum absolute atomic E-state index is 13.3. The molecule has 4 aromatic rings. The van der Waals surface area contributed by atoms with E-state index < -0.39 is 59.8 Å². The molecule has 14 heteroatoms. The zero-order valence-corrected chi connectivity index (χ0v) is 36.0. The quantitative estimate of drug-likeness (QED) is 0.0296. The molecule has 5 rings (SSSR count). The third kappa shape index (κ3) is 13.0. The van der Waals surface area contributed by atoms with Crippen molar-refractivity contribution in [3.05, 3.63) is 96.1 Å². The number of phenols is 1. The molecule has 60 heavy (non-hydrogen) atoms. The van der Waals surface area contributed by atoms with Crippen molar-refractivity contribution in [3.8, 4) is 11.5 Å². The summed E-state index contributed by atoms with van der Waals surface area (Å²) in [5, 5.41) is 17.9. The van der Waals surface area contributed by atoms with Gasteiger partial charge in [-0.1, -0.05) is 88.6 Å². The van der Waals surface area contributed by atoms with E-state index in [1.54, 1.807) is 0 Å². The van der Waals surface area contributed by atoms with Gasteiger partial charge in [0.15, 0.2) is 17.9 Å². The molecule has 0 saturated carbocycles. The first kappa shape index (κ1) is 46.7. The molecule has 3 N–H and O–H groups in total. The van der Waals surface area contributed by atoms with Gasteiger partial charge in [0.1, 0.15) is 18.0 Å². The number of benzene rings is 4. The van der Waals surface area contributed by atoms with Gasteiger partial charge in [0, 0.05) is 19.2 Å². The summed E-state index contributed by atoms with van der Waals surface area (Å²) in [6, 6.07) is 25.1. The van der Waals surface area contributed by atoms with Crippen LogP contribution in [0.15, 0.2) is 84.9 Å². The van der Waals surface area contributed by atoms with E-state index in [1.807, 2.05) is 75.2 Å². The lowest BCUT2D eigenvalue weighted by Crippen LogP contribution is -2.50. The number of unbranched alkanes of at least 4 members (excludes halogenated alkanes) is 2. The van der Waals surface area contributed by atoms with Crippen LogP contribution in [0, 0.1) is 18.8 Å². The number of phenolic OH excluding ortho intramolecular Hbond substituents is 1. The fraction of sp³-hybridized carbons (Fsp3) is 0.391. The maximum atomic E-state index is 13.3. The predicted molar refractivity (Wildman–Crippen MR) is 234 cm³/mol. The fourth-order valence-electron chi connectivity index (χ4n) is 6.57. The van der Waals surface area contributed by atoms with Crippen LogP contribution in [0.25, 0.3) is 10.8 Å². The summed E-state index contributed by atoms with van der Waals surface area (Å²) in [5.74, 6) is -3.52.